The molecule has 30 heavy (non-hydrogen) atoms. The van der Waals surface area contributed by atoms with Gasteiger partial charge in [0.25, 0.3) is 5.91 Å². The summed E-state index contributed by atoms with van der Waals surface area (Å²) in [5.74, 6) is 0.384. The van der Waals surface area contributed by atoms with Crippen molar-refractivity contribution in [3.8, 4) is 0 Å². The van der Waals surface area contributed by atoms with Crippen LogP contribution in [0.5, 0.6) is 0 Å². The molecule has 0 bridgehead atoms. The Hall–Kier alpha value is -2.73. The van der Waals surface area contributed by atoms with Gasteiger partial charge in [-0.3, -0.25) is 4.79 Å². The predicted octanol–water partition coefficient (Wildman–Crippen LogP) is 4.03. The molecule has 6 heteroatoms. The molecule has 0 radical (unpaired) electrons. The Kier molecular flexibility index (Phi) is 5.86. The van der Waals surface area contributed by atoms with E-state index in [9.17, 15) is 4.79 Å². The zero-order valence-electron chi connectivity index (χ0n) is 18.2. The Morgan fingerprint density at radius 2 is 2.03 bits per heavy atom. The number of nitrogens with zero attached hydrogens (tertiary/aromatic N) is 3. The molecule has 4 rings (SSSR count). The van der Waals surface area contributed by atoms with Crippen LogP contribution in [0.1, 0.15) is 53.9 Å². The molecule has 6 nitrogen and oxygen atoms in total. The average Bonchev–Trinajstić information content (AvgIpc) is 3.11. The highest BCUT2D eigenvalue weighted by atomic mass is 16.5. The highest BCUT2D eigenvalue weighted by Crippen LogP contribution is 2.23. The molecule has 1 aliphatic rings. The standard InChI is InChI=1S/C24H30N4O2/c1-15(2)22-12-19(9-10-30-22)27-24(29)20-11-17(4)26-23-21(20)13-25-28(23)14-18-7-5-16(3)6-8-18/h5-8,11,13,15,19,22H,9-10,12,14H2,1-4H3,(H,27,29)/t19-,22+/m1/s1. The summed E-state index contributed by atoms with van der Waals surface area (Å²) in [4.78, 5) is 17.8. The van der Waals surface area contributed by atoms with Crippen molar-refractivity contribution in [2.24, 2.45) is 5.92 Å². The fourth-order valence-corrected chi connectivity index (χ4v) is 4.03. The molecule has 0 unspecified atom stereocenters. The summed E-state index contributed by atoms with van der Waals surface area (Å²) in [6, 6.07) is 10.4. The van der Waals surface area contributed by atoms with Crippen LogP contribution in [-0.4, -0.2) is 39.4 Å². The number of pyridine rings is 1. The molecule has 158 valence electrons. The molecule has 1 fully saturated rings. The summed E-state index contributed by atoms with van der Waals surface area (Å²) in [5, 5.41) is 8.54. The van der Waals surface area contributed by atoms with E-state index in [1.165, 1.54) is 5.56 Å². The summed E-state index contributed by atoms with van der Waals surface area (Å²) in [6.07, 6.45) is 3.64. The number of amides is 1. The first-order valence-electron chi connectivity index (χ1n) is 10.7. The van der Waals surface area contributed by atoms with Gasteiger partial charge in [0.05, 0.1) is 29.8 Å². The van der Waals surface area contributed by atoms with Gasteiger partial charge in [-0.2, -0.15) is 5.10 Å². The molecule has 1 aromatic carbocycles. The normalized spacial score (nSPS) is 19.4. The summed E-state index contributed by atoms with van der Waals surface area (Å²) in [6.45, 7) is 9.62. The fourth-order valence-electron chi connectivity index (χ4n) is 4.03. The molecule has 3 aromatic rings. The van der Waals surface area contributed by atoms with E-state index in [-0.39, 0.29) is 18.1 Å². The van der Waals surface area contributed by atoms with Crippen molar-refractivity contribution >= 4 is 16.9 Å². The van der Waals surface area contributed by atoms with Crippen LogP contribution in [0.3, 0.4) is 0 Å². The first kappa shape index (κ1) is 20.5. The number of carbonyl (C=O) groups excluding carboxylic acids is 1. The highest BCUT2D eigenvalue weighted by molar-refractivity contribution is 6.05. The summed E-state index contributed by atoms with van der Waals surface area (Å²) in [5.41, 5.74) is 4.57. The minimum absolute atomic E-state index is 0.0604. The summed E-state index contributed by atoms with van der Waals surface area (Å²) < 4.78 is 7.71. The van der Waals surface area contributed by atoms with Gasteiger partial charge in [0.15, 0.2) is 5.65 Å². The summed E-state index contributed by atoms with van der Waals surface area (Å²) >= 11 is 0. The second-order valence-corrected chi connectivity index (χ2v) is 8.68. The van der Waals surface area contributed by atoms with Crippen LogP contribution in [0.15, 0.2) is 36.5 Å². The lowest BCUT2D eigenvalue weighted by molar-refractivity contribution is -0.0233. The molecule has 1 N–H and O–H groups in total. The Morgan fingerprint density at radius 1 is 1.27 bits per heavy atom. The second-order valence-electron chi connectivity index (χ2n) is 8.68. The smallest absolute Gasteiger partial charge is 0.252 e. The van der Waals surface area contributed by atoms with Gasteiger partial charge in [-0.15, -0.1) is 0 Å². The van der Waals surface area contributed by atoms with Gasteiger partial charge in [-0.1, -0.05) is 43.7 Å². The first-order valence-corrected chi connectivity index (χ1v) is 10.7. The number of hydrogen-bond donors (Lipinski definition) is 1. The van der Waals surface area contributed by atoms with Gasteiger partial charge in [-0.05, 0) is 44.2 Å². The zero-order valence-corrected chi connectivity index (χ0v) is 18.2. The number of aromatic nitrogens is 3. The number of ether oxygens (including phenoxy) is 1. The lowest BCUT2D eigenvalue weighted by Gasteiger charge is -2.32. The summed E-state index contributed by atoms with van der Waals surface area (Å²) in [7, 11) is 0. The third-order valence-corrected chi connectivity index (χ3v) is 5.83. The predicted molar refractivity (Wildman–Crippen MR) is 118 cm³/mol. The van der Waals surface area contributed by atoms with E-state index in [0.29, 0.717) is 24.6 Å². The third-order valence-electron chi connectivity index (χ3n) is 5.83. The Labute approximate surface area is 177 Å². The van der Waals surface area contributed by atoms with E-state index in [0.717, 1.165) is 35.1 Å². The van der Waals surface area contributed by atoms with Crippen LogP contribution in [0.25, 0.3) is 11.0 Å². The minimum atomic E-state index is -0.0604. The van der Waals surface area contributed by atoms with E-state index in [2.05, 4.69) is 60.4 Å². The van der Waals surface area contributed by atoms with Crippen LogP contribution < -0.4 is 5.32 Å². The minimum Gasteiger partial charge on any atom is -0.378 e. The Morgan fingerprint density at radius 3 is 2.77 bits per heavy atom. The van der Waals surface area contributed by atoms with E-state index in [4.69, 9.17) is 4.74 Å². The molecule has 3 heterocycles. The molecule has 2 aromatic heterocycles. The fraction of sp³-hybridized carbons (Fsp3) is 0.458. The molecular formula is C24H30N4O2. The van der Waals surface area contributed by atoms with Crippen molar-refractivity contribution in [1.82, 2.24) is 20.1 Å². The van der Waals surface area contributed by atoms with Crippen LogP contribution in [0, 0.1) is 19.8 Å². The molecular weight excluding hydrogens is 376 g/mol. The van der Waals surface area contributed by atoms with Gasteiger partial charge in [0.2, 0.25) is 0 Å². The molecule has 2 atom stereocenters. The average molecular weight is 407 g/mol. The number of aryl methyl sites for hydroxylation is 2. The van der Waals surface area contributed by atoms with Crippen molar-refractivity contribution in [3.05, 3.63) is 58.9 Å². The highest BCUT2D eigenvalue weighted by Gasteiger charge is 2.27. The van der Waals surface area contributed by atoms with Gasteiger partial charge < -0.3 is 10.1 Å². The number of nitrogens with one attached hydrogen (secondary N) is 1. The number of benzene rings is 1. The molecule has 0 aliphatic carbocycles. The van der Waals surface area contributed by atoms with Gasteiger partial charge >= 0.3 is 0 Å². The van der Waals surface area contributed by atoms with E-state index >= 15 is 0 Å². The van der Waals surface area contributed by atoms with Crippen molar-refractivity contribution in [3.63, 3.8) is 0 Å². The van der Waals surface area contributed by atoms with E-state index in [1.54, 1.807) is 6.20 Å². The van der Waals surface area contributed by atoms with Gasteiger partial charge in [-0.25, -0.2) is 9.67 Å². The lowest BCUT2D eigenvalue weighted by Crippen LogP contribution is -2.43. The second kappa shape index (κ2) is 8.56. The van der Waals surface area contributed by atoms with Crippen molar-refractivity contribution in [2.45, 2.75) is 59.2 Å². The maximum Gasteiger partial charge on any atom is 0.252 e. The first-order chi connectivity index (χ1) is 14.4. The quantitative estimate of drug-likeness (QED) is 0.695. The lowest BCUT2D eigenvalue weighted by atomic mass is 9.95. The van der Waals surface area contributed by atoms with Crippen LogP contribution in [0.2, 0.25) is 0 Å². The number of fused-ring (bicyclic) bond motifs is 1. The number of hydrogen-bond acceptors (Lipinski definition) is 4. The molecule has 0 spiro atoms. The molecule has 1 saturated heterocycles. The monoisotopic (exact) mass is 406 g/mol. The zero-order chi connectivity index (χ0) is 21.3. The van der Waals surface area contributed by atoms with Gasteiger partial charge in [0, 0.05) is 18.3 Å². The largest absolute Gasteiger partial charge is 0.378 e. The van der Waals surface area contributed by atoms with Crippen LogP contribution in [-0.2, 0) is 11.3 Å². The SMILES string of the molecule is Cc1ccc(Cn2ncc3c(C(=O)N[C@@H]4CCO[C@H](C(C)C)C4)cc(C)nc32)cc1. The number of rotatable bonds is 5. The van der Waals surface area contributed by atoms with Crippen molar-refractivity contribution < 1.29 is 9.53 Å². The van der Waals surface area contributed by atoms with E-state index < -0.39 is 0 Å². The molecule has 1 amide bonds. The third kappa shape index (κ3) is 4.38. The van der Waals surface area contributed by atoms with Crippen molar-refractivity contribution in [1.29, 1.82) is 0 Å². The van der Waals surface area contributed by atoms with Crippen molar-refractivity contribution in [2.75, 3.05) is 6.61 Å². The Balaban J connectivity index is 1.57. The number of carbonyl (C=O) groups is 1. The molecule has 1 aliphatic heterocycles. The maximum atomic E-state index is 13.1. The van der Waals surface area contributed by atoms with E-state index in [1.807, 2.05) is 17.7 Å². The van der Waals surface area contributed by atoms with Crippen LogP contribution in [0.4, 0.5) is 0 Å². The van der Waals surface area contributed by atoms with Gasteiger partial charge in [0.1, 0.15) is 0 Å². The Bertz CT molecular complexity index is 1040. The maximum absolute atomic E-state index is 13.1. The topological polar surface area (TPSA) is 69.0 Å². The molecule has 0 saturated carbocycles. The van der Waals surface area contributed by atoms with Crippen LogP contribution >= 0.6 is 0 Å².